The van der Waals surface area contributed by atoms with Crippen molar-refractivity contribution in [3.05, 3.63) is 68.8 Å². The summed E-state index contributed by atoms with van der Waals surface area (Å²) in [7, 11) is 0. The van der Waals surface area contributed by atoms with Crippen LogP contribution in [0, 0.1) is 41.5 Å². The molecule has 0 radical (unpaired) electrons. The summed E-state index contributed by atoms with van der Waals surface area (Å²) in [6, 6.07) is 8.10. The smallest absolute Gasteiger partial charge is 0.163 e. The highest BCUT2D eigenvalue weighted by atomic mass is 16.1. The van der Waals surface area contributed by atoms with E-state index in [2.05, 4.69) is 0 Å². The van der Waals surface area contributed by atoms with Gasteiger partial charge in [-0.15, -0.1) is 0 Å². The fourth-order valence-corrected chi connectivity index (χ4v) is 3.72. The molecule has 0 fully saturated rings. The molecule has 0 spiro atoms. The summed E-state index contributed by atoms with van der Waals surface area (Å²) in [5.41, 5.74) is 7.82. The molecule has 24 heavy (non-hydrogen) atoms. The quantitative estimate of drug-likeness (QED) is 0.692. The van der Waals surface area contributed by atoms with Crippen LogP contribution in [-0.4, -0.2) is 11.6 Å². The molecule has 0 aliphatic carbocycles. The molecule has 2 aromatic carbocycles. The number of carbonyl (C=O) groups is 2. The van der Waals surface area contributed by atoms with Gasteiger partial charge in [0, 0.05) is 24.0 Å². The minimum absolute atomic E-state index is 0.0563. The van der Waals surface area contributed by atoms with Crippen LogP contribution in [0.5, 0.6) is 0 Å². The number of Topliss-reactive ketones (excluding diaryl/α,β-unsaturated/α-hetero) is 2. The maximum atomic E-state index is 12.6. The van der Waals surface area contributed by atoms with Crippen molar-refractivity contribution in [1.29, 1.82) is 0 Å². The number of benzene rings is 2. The van der Waals surface area contributed by atoms with E-state index < -0.39 is 0 Å². The van der Waals surface area contributed by atoms with Crippen LogP contribution >= 0.6 is 0 Å². The predicted molar refractivity (Wildman–Crippen MR) is 99.2 cm³/mol. The van der Waals surface area contributed by atoms with Gasteiger partial charge in [-0.25, -0.2) is 0 Å². The Labute approximate surface area is 144 Å². The van der Waals surface area contributed by atoms with Gasteiger partial charge in [-0.2, -0.15) is 0 Å². The Morgan fingerprint density at radius 2 is 0.833 bits per heavy atom. The second-order valence-electron chi connectivity index (χ2n) is 6.89. The van der Waals surface area contributed by atoms with Crippen molar-refractivity contribution in [1.82, 2.24) is 0 Å². The van der Waals surface area contributed by atoms with Crippen LogP contribution < -0.4 is 0 Å². The number of hydrogen-bond donors (Lipinski definition) is 0. The summed E-state index contributed by atoms with van der Waals surface area (Å²) in [6.07, 6.45) is 0.520. The van der Waals surface area contributed by atoms with Crippen LogP contribution in [0.3, 0.4) is 0 Å². The van der Waals surface area contributed by atoms with Crippen LogP contribution in [0.4, 0.5) is 0 Å². The molecule has 0 aromatic heterocycles. The van der Waals surface area contributed by atoms with Gasteiger partial charge in [0.05, 0.1) is 0 Å². The molecule has 0 aliphatic rings. The summed E-state index contributed by atoms with van der Waals surface area (Å²) in [6.45, 7) is 11.9. The van der Waals surface area contributed by atoms with Crippen LogP contribution in [0.15, 0.2) is 24.3 Å². The van der Waals surface area contributed by atoms with E-state index in [-0.39, 0.29) is 24.4 Å². The molecule has 126 valence electrons. The lowest BCUT2D eigenvalue weighted by atomic mass is 9.91. The predicted octanol–water partition coefficient (Wildman–Crippen LogP) is 5.38. The van der Waals surface area contributed by atoms with Crippen molar-refractivity contribution < 1.29 is 9.59 Å². The van der Waals surface area contributed by atoms with Gasteiger partial charge in [0.15, 0.2) is 11.6 Å². The minimum atomic E-state index is 0.0563. The molecular weight excluding hydrogens is 296 g/mol. The standard InChI is InChI=1S/C22H26O2/c1-13-9-15(3)21(16(4)10-13)19(23)7-8-20(24)22-17(5)11-14(2)12-18(22)6/h9-12H,7-8H2,1-6H3. The van der Waals surface area contributed by atoms with Crippen molar-refractivity contribution in [2.75, 3.05) is 0 Å². The molecular formula is C22H26O2. The van der Waals surface area contributed by atoms with Crippen LogP contribution in [-0.2, 0) is 0 Å². The van der Waals surface area contributed by atoms with Crippen molar-refractivity contribution >= 4 is 11.6 Å². The third-order valence-corrected chi connectivity index (χ3v) is 4.49. The molecule has 0 unspecified atom stereocenters. The second kappa shape index (κ2) is 7.12. The van der Waals surface area contributed by atoms with E-state index in [1.165, 1.54) is 0 Å². The summed E-state index contributed by atoms with van der Waals surface area (Å²) < 4.78 is 0. The van der Waals surface area contributed by atoms with Gasteiger partial charge in [0.25, 0.3) is 0 Å². The highest BCUT2D eigenvalue weighted by Gasteiger charge is 2.17. The Morgan fingerprint density at radius 3 is 1.08 bits per heavy atom. The molecule has 0 N–H and O–H groups in total. The molecule has 0 aliphatic heterocycles. The normalized spacial score (nSPS) is 10.8. The van der Waals surface area contributed by atoms with E-state index >= 15 is 0 Å². The maximum Gasteiger partial charge on any atom is 0.163 e. The fourth-order valence-electron chi connectivity index (χ4n) is 3.72. The zero-order valence-corrected chi connectivity index (χ0v) is 15.5. The number of aryl methyl sites for hydroxylation is 6. The summed E-state index contributed by atoms with van der Waals surface area (Å²) in [5.74, 6) is 0.113. The highest BCUT2D eigenvalue weighted by molar-refractivity contribution is 6.04. The first-order chi connectivity index (χ1) is 11.2. The highest BCUT2D eigenvalue weighted by Crippen LogP contribution is 2.22. The third-order valence-electron chi connectivity index (χ3n) is 4.49. The van der Waals surface area contributed by atoms with E-state index in [1.807, 2.05) is 65.8 Å². The average Bonchev–Trinajstić information content (AvgIpc) is 2.42. The zero-order chi connectivity index (χ0) is 18.0. The van der Waals surface area contributed by atoms with E-state index in [4.69, 9.17) is 0 Å². The molecule has 2 heteroatoms. The Kier molecular flexibility index (Phi) is 5.38. The monoisotopic (exact) mass is 322 g/mol. The van der Waals surface area contributed by atoms with Crippen molar-refractivity contribution in [2.45, 2.75) is 54.4 Å². The first kappa shape index (κ1) is 18.1. The van der Waals surface area contributed by atoms with Crippen LogP contribution in [0.2, 0.25) is 0 Å². The molecule has 0 bridgehead atoms. The lowest BCUT2D eigenvalue weighted by Gasteiger charge is -2.12. The largest absolute Gasteiger partial charge is 0.294 e. The molecule has 0 amide bonds. The Bertz CT molecular complexity index is 697. The van der Waals surface area contributed by atoms with Gasteiger partial charge in [-0.1, -0.05) is 35.4 Å². The Balaban J connectivity index is 2.17. The van der Waals surface area contributed by atoms with Crippen LogP contribution in [0.1, 0.15) is 66.9 Å². The first-order valence-electron chi connectivity index (χ1n) is 8.42. The van der Waals surface area contributed by atoms with Gasteiger partial charge < -0.3 is 0 Å². The maximum absolute atomic E-state index is 12.6. The molecule has 0 atom stereocenters. The first-order valence-corrected chi connectivity index (χ1v) is 8.42. The third kappa shape index (κ3) is 3.81. The van der Waals surface area contributed by atoms with Crippen molar-refractivity contribution in [3.8, 4) is 0 Å². The van der Waals surface area contributed by atoms with Gasteiger partial charge >= 0.3 is 0 Å². The molecule has 0 saturated carbocycles. The lowest BCUT2D eigenvalue weighted by molar-refractivity contribution is 0.0916. The van der Waals surface area contributed by atoms with E-state index in [0.29, 0.717) is 0 Å². The van der Waals surface area contributed by atoms with E-state index in [0.717, 1.165) is 44.5 Å². The topological polar surface area (TPSA) is 34.1 Å². The lowest BCUT2D eigenvalue weighted by Crippen LogP contribution is -2.10. The van der Waals surface area contributed by atoms with Gasteiger partial charge in [0.2, 0.25) is 0 Å². The summed E-state index contributed by atoms with van der Waals surface area (Å²) >= 11 is 0. The zero-order valence-electron chi connectivity index (χ0n) is 15.5. The molecule has 0 heterocycles. The minimum Gasteiger partial charge on any atom is -0.294 e. The average molecular weight is 322 g/mol. The fraction of sp³-hybridized carbons (Fsp3) is 0.364. The molecule has 0 saturated heterocycles. The Morgan fingerprint density at radius 1 is 0.583 bits per heavy atom. The van der Waals surface area contributed by atoms with Gasteiger partial charge in [0.1, 0.15) is 0 Å². The van der Waals surface area contributed by atoms with Crippen molar-refractivity contribution in [2.24, 2.45) is 0 Å². The molecule has 2 rings (SSSR count). The number of rotatable bonds is 5. The SMILES string of the molecule is Cc1cc(C)c(C(=O)CCC(=O)c2c(C)cc(C)cc2C)c(C)c1. The number of hydrogen-bond acceptors (Lipinski definition) is 2. The number of carbonyl (C=O) groups excluding carboxylic acids is 2. The number of ketones is 2. The summed E-state index contributed by atoms with van der Waals surface area (Å²) in [4.78, 5) is 25.2. The van der Waals surface area contributed by atoms with Gasteiger partial charge in [-0.05, 0) is 63.8 Å². The van der Waals surface area contributed by atoms with Crippen LogP contribution in [0.25, 0.3) is 0 Å². The second-order valence-corrected chi connectivity index (χ2v) is 6.89. The van der Waals surface area contributed by atoms with E-state index in [9.17, 15) is 9.59 Å². The van der Waals surface area contributed by atoms with E-state index in [1.54, 1.807) is 0 Å². The van der Waals surface area contributed by atoms with Gasteiger partial charge in [-0.3, -0.25) is 9.59 Å². The molecule has 2 aromatic rings. The summed E-state index contributed by atoms with van der Waals surface area (Å²) in [5, 5.41) is 0. The Hall–Kier alpha value is -2.22. The molecule has 2 nitrogen and oxygen atoms in total. The van der Waals surface area contributed by atoms with Crippen molar-refractivity contribution in [3.63, 3.8) is 0 Å².